The van der Waals surface area contributed by atoms with E-state index in [0.29, 0.717) is 23.2 Å². The van der Waals surface area contributed by atoms with Gasteiger partial charge in [-0.2, -0.15) is 0 Å². The van der Waals surface area contributed by atoms with Gasteiger partial charge in [0.25, 0.3) is 0 Å². The molecule has 0 saturated carbocycles. The molecule has 0 aromatic heterocycles. The summed E-state index contributed by atoms with van der Waals surface area (Å²) in [5.41, 5.74) is 7.84. The Labute approximate surface area is 118 Å². The largest absolute Gasteiger partial charge is 0.462 e. The van der Waals surface area contributed by atoms with Crippen molar-refractivity contribution in [2.75, 3.05) is 18.9 Å². The first-order valence-electron chi connectivity index (χ1n) is 6.27. The zero-order valence-corrected chi connectivity index (χ0v) is 11.8. The van der Waals surface area contributed by atoms with E-state index in [2.05, 4.69) is 6.58 Å². The van der Waals surface area contributed by atoms with Crippen molar-refractivity contribution in [3.8, 4) is 0 Å². The number of anilines is 1. The summed E-state index contributed by atoms with van der Waals surface area (Å²) in [6, 6.07) is 5.05. The van der Waals surface area contributed by atoms with Gasteiger partial charge < -0.3 is 15.2 Å². The van der Waals surface area contributed by atoms with Gasteiger partial charge >= 0.3 is 11.9 Å². The Kier molecular flexibility index (Phi) is 5.77. The zero-order valence-electron chi connectivity index (χ0n) is 11.8. The molecule has 0 amide bonds. The lowest BCUT2D eigenvalue weighted by Gasteiger charge is -2.07. The Morgan fingerprint density at radius 1 is 1.20 bits per heavy atom. The minimum atomic E-state index is -0.442. The molecule has 0 aliphatic heterocycles. The second-order valence-electron chi connectivity index (χ2n) is 4.54. The van der Waals surface area contributed by atoms with Crippen LogP contribution in [0, 0.1) is 6.92 Å². The van der Waals surface area contributed by atoms with Gasteiger partial charge in [-0.15, -0.1) is 0 Å². The summed E-state index contributed by atoms with van der Waals surface area (Å²) in [7, 11) is 0. The number of hydrogen-bond donors (Lipinski definition) is 1. The van der Waals surface area contributed by atoms with Gasteiger partial charge in [0.2, 0.25) is 0 Å². The van der Waals surface area contributed by atoms with E-state index in [-0.39, 0.29) is 13.2 Å². The summed E-state index contributed by atoms with van der Waals surface area (Å²) in [6.07, 6.45) is 0.437. The maximum atomic E-state index is 11.8. The van der Waals surface area contributed by atoms with Gasteiger partial charge in [-0.25, -0.2) is 9.59 Å². The minimum absolute atomic E-state index is 0.177. The van der Waals surface area contributed by atoms with Crippen LogP contribution < -0.4 is 5.73 Å². The van der Waals surface area contributed by atoms with Gasteiger partial charge in [0.1, 0.15) is 0 Å². The predicted octanol–water partition coefficient (Wildman–Crippen LogP) is 2.24. The molecule has 0 bridgehead atoms. The number of esters is 2. The van der Waals surface area contributed by atoms with Gasteiger partial charge in [-0.3, -0.25) is 0 Å². The quantitative estimate of drug-likeness (QED) is 0.373. The van der Waals surface area contributed by atoms with Crippen LogP contribution >= 0.6 is 0 Å². The molecule has 108 valence electrons. The third kappa shape index (κ3) is 5.14. The molecule has 0 aliphatic rings. The molecular formula is C15H19NO4. The van der Waals surface area contributed by atoms with Crippen molar-refractivity contribution >= 4 is 17.6 Å². The normalized spacial score (nSPS) is 9.90. The Hall–Kier alpha value is -2.30. The summed E-state index contributed by atoms with van der Waals surface area (Å²) in [6.45, 7) is 7.26. The molecular weight excluding hydrogens is 258 g/mol. The SMILES string of the molecule is C=C(C)C(=O)OCCCOC(=O)c1cc(C)cc(N)c1. The lowest BCUT2D eigenvalue weighted by molar-refractivity contribution is -0.139. The molecule has 0 atom stereocenters. The first-order valence-corrected chi connectivity index (χ1v) is 6.27. The van der Waals surface area contributed by atoms with Gasteiger partial charge in [-0.1, -0.05) is 6.58 Å². The van der Waals surface area contributed by atoms with Crippen molar-refractivity contribution in [1.29, 1.82) is 0 Å². The molecule has 0 spiro atoms. The van der Waals surface area contributed by atoms with Crippen LogP contribution in [-0.2, 0) is 14.3 Å². The minimum Gasteiger partial charge on any atom is -0.462 e. The molecule has 0 saturated heterocycles. The Balaban J connectivity index is 2.33. The second-order valence-corrected chi connectivity index (χ2v) is 4.54. The summed E-state index contributed by atoms with van der Waals surface area (Å²) in [5.74, 6) is -0.880. The second kappa shape index (κ2) is 7.33. The van der Waals surface area contributed by atoms with Crippen LogP contribution in [0.1, 0.15) is 29.3 Å². The summed E-state index contributed by atoms with van der Waals surface area (Å²) < 4.78 is 9.95. The van der Waals surface area contributed by atoms with Crippen molar-refractivity contribution in [2.45, 2.75) is 20.3 Å². The maximum absolute atomic E-state index is 11.8. The van der Waals surface area contributed by atoms with Crippen molar-refractivity contribution in [2.24, 2.45) is 0 Å². The van der Waals surface area contributed by atoms with E-state index in [1.807, 2.05) is 6.92 Å². The standard InChI is InChI=1S/C15H19NO4/c1-10(2)14(17)19-5-4-6-20-15(18)12-7-11(3)8-13(16)9-12/h7-9H,1,4-6,16H2,2-3H3. The zero-order chi connectivity index (χ0) is 15.1. The van der Waals surface area contributed by atoms with Gasteiger partial charge in [0.15, 0.2) is 0 Å². The van der Waals surface area contributed by atoms with E-state index in [4.69, 9.17) is 15.2 Å². The number of nitrogens with two attached hydrogens (primary N) is 1. The average Bonchev–Trinajstić information content (AvgIpc) is 2.36. The van der Waals surface area contributed by atoms with E-state index >= 15 is 0 Å². The molecule has 0 radical (unpaired) electrons. The lowest BCUT2D eigenvalue weighted by Crippen LogP contribution is -2.11. The van der Waals surface area contributed by atoms with Crippen molar-refractivity contribution in [3.05, 3.63) is 41.5 Å². The Morgan fingerprint density at radius 2 is 1.85 bits per heavy atom. The first kappa shape index (κ1) is 15.8. The highest BCUT2D eigenvalue weighted by Crippen LogP contribution is 2.12. The number of carbonyl (C=O) groups is 2. The highest BCUT2D eigenvalue weighted by Gasteiger charge is 2.08. The Bertz CT molecular complexity index is 502. The van der Waals surface area contributed by atoms with Gasteiger partial charge in [0.05, 0.1) is 18.8 Å². The van der Waals surface area contributed by atoms with Crippen molar-refractivity contribution in [1.82, 2.24) is 0 Å². The van der Waals surface area contributed by atoms with Crippen LogP contribution in [0.3, 0.4) is 0 Å². The highest BCUT2D eigenvalue weighted by molar-refractivity contribution is 5.90. The molecule has 2 N–H and O–H groups in total. The van der Waals surface area contributed by atoms with Crippen LogP contribution in [0.4, 0.5) is 5.69 Å². The number of carbonyl (C=O) groups excluding carboxylic acids is 2. The van der Waals surface area contributed by atoms with Crippen LogP contribution in [0.5, 0.6) is 0 Å². The van der Waals surface area contributed by atoms with E-state index < -0.39 is 11.9 Å². The first-order chi connectivity index (χ1) is 9.40. The lowest BCUT2D eigenvalue weighted by atomic mass is 10.1. The van der Waals surface area contributed by atoms with Crippen molar-refractivity contribution < 1.29 is 19.1 Å². The number of hydrogen-bond acceptors (Lipinski definition) is 5. The van der Waals surface area contributed by atoms with Crippen molar-refractivity contribution in [3.63, 3.8) is 0 Å². The third-order valence-electron chi connectivity index (χ3n) is 2.44. The molecule has 1 aromatic rings. The number of rotatable bonds is 6. The molecule has 5 heteroatoms. The molecule has 0 unspecified atom stereocenters. The number of nitrogen functional groups attached to an aromatic ring is 1. The van der Waals surface area contributed by atoms with E-state index in [1.54, 1.807) is 25.1 Å². The summed E-state index contributed by atoms with van der Waals surface area (Å²) in [5, 5.41) is 0. The fourth-order valence-corrected chi connectivity index (χ4v) is 1.53. The summed E-state index contributed by atoms with van der Waals surface area (Å²) >= 11 is 0. The highest BCUT2D eigenvalue weighted by atomic mass is 16.5. The topological polar surface area (TPSA) is 78.6 Å². The molecule has 0 heterocycles. The number of aryl methyl sites for hydroxylation is 1. The molecule has 1 aromatic carbocycles. The fraction of sp³-hybridized carbons (Fsp3) is 0.333. The average molecular weight is 277 g/mol. The van der Waals surface area contributed by atoms with Crippen LogP contribution in [-0.4, -0.2) is 25.2 Å². The molecule has 5 nitrogen and oxygen atoms in total. The Morgan fingerprint density at radius 3 is 2.45 bits per heavy atom. The van der Waals surface area contributed by atoms with Crippen LogP contribution in [0.25, 0.3) is 0 Å². The smallest absolute Gasteiger partial charge is 0.338 e. The van der Waals surface area contributed by atoms with Gasteiger partial charge in [0, 0.05) is 17.7 Å². The fourth-order valence-electron chi connectivity index (χ4n) is 1.53. The van der Waals surface area contributed by atoms with E-state index in [1.165, 1.54) is 0 Å². The van der Waals surface area contributed by atoms with Crippen LogP contribution in [0.2, 0.25) is 0 Å². The predicted molar refractivity (Wildman–Crippen MR) is 76.3 cm³/mol. The molecule has 0 aliphatic carbocycles. The van der Waals surface area contributed by atoms with Crippen LogP contribution in [0.15, 0.2) is 30.4 Å². The monoisotopic (exact) mass is 277 g/mol. The molecule has 20 heavy (non-hydrogen) atoms. The maximum Gasteiger partial charge on any atom is 0.338 e. The molecule has 1 rings (SSSR count). The van der Waals surface area contributed by atoms with E-state index in [0.717, 1.165) is 5.56 Å². The third-order valence-corrected chi connectivity index (χ3v) is 2.44. The van der Waals surface area contributed by atoms with E-state index in [9.17, 15) is 9.59 Å². The number of ether oxygens (including phenoxy) is 2. The summed E-state index contributed by atoms with van der Waals surface area (Å²) in [4.78, 5) is 22.8. The number of benzene rings is 1. The molecule has 0 fully saturated rings. The van der Waals surface area contributed by atoms with Gasteiger partial charge in [-0.05, 0) is 37.6 Å².